The molecule has 0 saturated carbocycles. The van der Waals surface area contributed by atoms with E-state index in [0.29, 0.717) is 16.9 Å². The third-order valence-electron chi connectivity index (χ3n) is 7.28. The van der Waals surface area contributed by atoms with E-state index < -0.39 is 6.04 Å². The molecule has 0 saturated heterocycles. The largest absolute Gasteiger partial charge is 0.345 e. The average molecular weight is 525 g/mol. The molecule has 3 atom stereocenters. The summed E-state index contributed by atoms with van der Waals surface area (Å²) in [6.45, 7) is 7.93. The Balaban J connectivity index is 1.68. The standard InChI is InChI=1S/C32H36N4O3/c1-5-20(4)30-25(21-12-6-7-15-24(21)31(38)36-30)18-28(37)34-26-16-10-8-13-22(26)23-14-9-11-17-27(23)35-32(39)29(33)19(2)3/h6-20,29-30H,5,33H2,1-4H3,(H,34,37)(H,35,39)(H,36,38)/b25-18-/t20-,29-,30-/m0/s1. The molecule has 4 rings (SSSR count). The minimum absolute atomic E-state index is 0.00859. The van der Waals surface area contributed by atoms with Crippen LogP contribution in [0.3, 0.4) is 0 Å². The van der Waals surface area contributed by atoms with Crippen LogP contribution in [0.2, 0.25) is 0 Å². The highest BCUT2D eigenvalue weighted by Crippen LogP contribution is 2.35. The van der Waals surface area contributed by atoms with Gasteiger partial charge in [0, 0.05) is 34.1 Å². The first-order chi connectivity index (χ1) is 18.7. The summed E-state index contributed by atoms with van der Waals surface area (Å²) >= 11 is 0. The SMILES string of the molecule is CC[C@H](C)[C@@H]1NC(=O)c2ccccc2/C1=C/C(=O)Nc1ccccc1-c1ccccc1NC(=O)[C@@H](N)C(C)C. The summed E-state index contributed by atoms with van der Waals surface area (Å²) in [5, 5.41) is 9.06. The molecule has 0 aliphatic carbocycles. The molecule has 7 nitrogen and oxygen atoms in total. The van der Waals surface area contributed by atoms with E-state index >= 15 is 0 Å². The molecular formula is C32H36N4O3. The van der Waals surface area contributed by atoms with Gasteiger partial charge in [0.1, 0.15) is 0 Å². The van der Waals surface area contributed by atoms with E-state index in [-0.39, 0.29) is 35.6 Å². The first-order valence-corrected chi connectivity index (χ1v) is 13.4. The van der Waals surface area contributed by atoms with Gasteiger partial charge in [0.05, 0.1) is 12.1 Å². The highest BCUT2D eigenvalue weighted by Gasteiger charge is 2.32. The third-order valence-corrected chi connectivity index (χ3v) is 7.28. The van der Waals surface area contributed by atoms with Crippen LogP contribution >= 0.6 is 0 Å². The second-order valence-electron chi connectivity index (χ2n) is 10.3. The van der Waals surface area contributed by atoms with Crippen LogP contribution in [-0.2, 0) is 9.59 Å². The van der Waals surface area contributed by atoms with Crippen LogP contribution in [0.15, 0.2) is 78.9 Å². The van der Waals surface area contributed by atoms with E-state index in [4.69, 9.17) is 5.73 Å². The molecule has 39 heavy (non-hydrogen) atoms. The Labute approximate surface area is 229 Å². The van der Waals surface area contributed by atoms with Gasteiger partial charge in [-0.25, -0.2) is 0 Å². The second kappa shape index (κ2) is 12.1. The quantitative estimate of drug-likeness (QED) is 0.293. The highest BCUT2D eigenvalue weighted by molar-refractivity contribution is 6.11. The topological polar surface area (TPSA) is 113 Å². The molecule has 0 bridgehead atoms. The molecule has 0 radical (unpaired) electrons. The zero-order chi connectivity index (χ0) is 28.1. The maximum absolute atomic E-state index is 13.5. The summed E-state index contributed by atoms with van der Waals surface area (Å²) in [6.07, 6.45) is 2.43. The minimum atomic E-state index is -0.642. The first kappa shape index (κ1) is 27.8. The monoisotopic (exact) mass is 524 g/mol. The lowest BCUT2D eigenvalue weighted by Crippen LogP contribution is -2.44. The van der Waals surface area contributed by atoms with Gasteiger partial charge in [-0.15, -0.1) is 0 Å². The van der Waals surface area contributed by atoms with E-state index in [2.05, 4.69) is 29.8 Å². The van der Waals surface area contributed by atoms with Gasteiger partial charge in [-0.05, 0) is 41.2 Å². The maximum atomic E-state index is 13.5. The zero-order valence-corrected chi connectivity index (χ0v) is 22.8. The van der Waals surface area contributed by atoms with Crippen molar-refractivity contribution in [1.29, 1.82) is 0 Å². The van der Waals surface area contributed by atoms with Crippen LogP contribution in [0.5, 0.6) is 0 Å². The fourth-order valence-corrected chi connectivity index (χ4v) is 4.73. The van der Waals surface area contributed by atoms with Crippen LogP contribution in [0.4, 0.5) is 11.4 Å². The third kappa shape index (κ3) is 6.10. The average Bonchev–Trinajstić information content (AvgIpc) is 2.94. The fraction of sp³-hybridized carbons (Fsp3) is 0.281. The lowest BCUT2D eigenvalue weighted by Gasteiger charge is -2.32. The molecule has 1 aliphatic rings. The Morgan fingerprint density at radius 2 is 1.36 bits per heavy atom. The summed E-state index contributed by atoms with van der Waals surface area (Å²) in [4.78, 5) is 38.9. The van der Waals surface area contributed by atoms with E-state index in [1.54, 1.807) is 12.1 Å². The zero-order valence-electron chi connectivity index (χ0n) is 22.8. The summed E-state index contributed by atoms with van der Waals surface area (Å²) in [7, 11) is 0. The maximum Gasteiger partial charge on any atom is 0.252 e. The smallest absolute Gasteiger partial charge is 0.252 e. The molecule has 3 aromatic carbocycles. The molecule has 7 heteroatoms. The van der Waals surface area contributed by atoms with Gasteiger partial charge in [-0.1, -0.05) is 88.7 Å². The fourth-order valence-electron chi connectivity index (χ4n) is 4.73. The van der Waals surface area contributed by atoms with E-state index in [1.807, 2.05) is 80.6 Å². The number of carbonyl (C=O) groups excluding carboxylic acids is 3. The van der Waals surface area contributed by atoms with Gasteiger partial charge in [-0.2, -0.15) is 0 Å². The molecule has 0 fully saturated rings. The van der Waals surface area contributed by atoms with Gasteiger partial charge >= 0.3 is 0 Å². The number of hydrogen-bond acceptors (Lipinski definition) is 4. The van der Waals surface area contributed by atoms with Crippen LogP contribution in [0.25, 0.3) is 16.7 Å². The van der Waals surface area contributed by atoms with Gasteiger partial charge in [0.15, 0.2) is 0 Å². The van der Waals surface area contributed by atoms with Crippen LogP contribution in [-0.4, -0.2) is 29.8 Å². The Kier molecular flexibility index (Phi) is 8.62. The number of para-hydroxylation sites is 2. The van der Waals surface area contributed by atoms with Crippen molar-refractivity contribution < 1.29 is 14.4 Å². The summed E-state index contributed by atoms with van der Waals surface area (Å²) in [5.74, 6) is -0.570. The second-order valence-corrected chi connectivity index (χ2v) is 10.3. The lowest BCUT2D eigenvalue weighted by molar-refractivity contribution is -0.118. The number of carbonyl (C=O) groups is 3. The van der Waals surface area contributed by atoms with Crippen molar-refractivity contribution in [2.24, 2.45) is 17.6 Å². The predicted molar refractivity (Wildman–Crippen MR) is 157 cm³/mol. The van der Waals surface area contributed by atoms with Crippen molar-refractivity contribution in [1.82, 2.24) is 5.32 Å². The van der Waals surface area contributed by atoms with E-state index in [1.165, 1.54) is 0 Å². The van der Waals surface area contributed by atoms with Crippen molar-refractivity contribution in [3.8, 4) is 11.1 Å². The van der Waals surface area contributed by atoms with Crippen LogP contribution in [0, 0.1) is 11.8 Å². The van der Waals surface area contributed by atoms with Crippen molar-refractivity contribution in [2.75, 3.05) is 10.6 Å². The van der Waals surface area contributed by atoms with Crippen LogP contribution < -0.4 is 21.7 Å². The molecular weight excluding hydrogens is 488 g/mol. The summed E-state index contributed by atoms with van der Waals surface area (Å²) < 4.78 is 0. The Morgan fingerprint density at radius 3 is 1.92 bits per heavy atom. The molecule has 202 valence electrons. The summed E-state index contributed by atoms with van der Waals surface area (Å²) in [5.41, 5.74) is 10.9. The predicted octanol–water partition coefficient (Wildman–Crippen LogP) is 5.46. The molecule has 1 heterocycles. The Morgan fingerprint density at radius 1 is 0.846 bits per heavy atom. The van der Waals surface area contributed by atoms with Crippen molar-refractivity contribution in [2.45, 2.75) is 46.2 Å². The highest BCUT2D eigenvalue weighted by atomic mass is 16.2. The van der Waals surface area contributed by atoms with Crippen LogP contribution in [0.1, 0.15) is 50.0 Å². The van der Waals surface area contributed by atoms with Gasteiger partial charge in [0.25, 0.3) is 5.91 Å². The molecule has 0 aromatic heterocycles. The number of nitrogens with one attached hydrogen (secondary N) is 3. The van der Waals surface area contributed by atoms with E-state index in [9.17, 15) is 14.4 Å². The summed E-state index contributed by atoms with van der Waals surface area (Å²) in [6, 6.07) is 21.3. The number of amides is 3. The number of benzene rings is 3. The molecule has 0 spiro atoms. The lowest BCUT2D eigenvalue weighted by atomic mass is 9.82. The van der Waals surface area contributed by atoms with Crippen molar-refractivity contribution in [3.63, 3.8) is 0 Å². The van der Waals surface area contributed by atoms with Crippen molar-refractivity contribution >= 4 is 34.7 Å². The normalized spacial score (nSPS) is 17.2. The molecule has 0 unspecified atom stereocenters. The molecule has 5 N–H and O–H groups in total. The number of rotatable bonds is 8. The van der Waals surface area contributed by atoms with Crippen molar-refractivity contribution in [3.05, 3.63) is 90.0 Å². The molecule has 1 aliphatic heterocycles. The van der Waals surface area contributed by atoms with E-state index in [0.717, 1.165) is 28.7 Å². The number of hydrogen-bond donors (Lipinski definition) is 4. The molecule has 3 aromatic rings. The molecule has 3 amide bonds. The number of fused-ring (bicyclic) bond motifs is 1. The minimum Gasteiger partial charge on any atom is -0.345 e. The number of nitrogens with two attached hydrogens (primary N) is 1. The number of anilines is 2. The Bertz CT molecular complexity index is 1410. The Hall–Kier alpha value is -4.23. The first-order valence-electron chi connectivity index (χ1n) is 13.4. The van der Waals surface area contributed by atoms with Gasteiger partial charge in [-0.3, -0.25) is 14.4 Å². The van der Waals surface area contributed by atoms with Gasteiger partial charge in [0.2, 0.25) is 11.8 Å². The van der Waals surface area contributed by atoms with Gasteiger partial charge < -0.3 is 21.7 Å².